The van der Waals surface area contributed by atoms with E-state index in [1.807, 2.05) is 0 Å². The van der Waals surface area contributed by atoms with Crippen LogP contribution in [0.3, 0.4) is 0 Å². The number of hydrogen-bond acceptors (Lipinski definition) is 3. The van der Waals surface area contributed by atoms with E-state index in [1.54, 1.807) is 0 Å². The van der Waals surface area contributed by atoms with E-state index in [-0.39, 0.29) is 0 Å². The fourth-order valence-corrected chi connectivity index (χ4v) is 3.03. The second kappa shape index (κ2) is 6.04. The van der Waals surface area contributed by atoms with Crippen molar-refractivity contribution in [3.05, 3.63) is 11.9 Å². The number of nitrogens with zero attached hydrogens (tertiary/aromatic N) is 4. The Balaban J connectivity index is 1.46. The molecule has 106 valence electrons. The monoisotopic (exact) mass is 262 g/mol. The first kappa shape index (κ1) is 13.1. The molecule has 0 unspecified atom stereocenters. The van der Waals surface area contributed by atoms with Crippen LogP contribution in [0.25, 0.3) is 0 Å². The van der Waals surface area contributed by atoms with Crippen molar-refractivity contribution < 1.29 is 0 Å². The molecule has 0 bridgehead atoms. The molecule has 19 heavy (non-hydrogen) atoms. The molecule has 4 heteroatoms. The number of rotatable bonds is 6. The quantitative estimate of drug-likeness (QED) is 0.739. The van der Waals surface area contributed by atoms with Gasteiger partial charge in [0.05, 0.1) is 11.7 Å². The number of piperidine rings is 1. The molecule has 0 atom stereocenters. The van der Waals surface area contributed by atoms with Crippen LogP contribution in [0.2, 0.25) is 0 Å². The summed E-state index contributed by atoms with van der Waals surface area (Å²) in [5.41, 5.74) is 1.23. The molecule has 2 fully saturated rings. The highest BCUT2D eigenvalue weighted by Crippen LogP contribution is 2.39. The van der Waals surface area contributed by atoms with Gasteiger partial charge >= 0.3 is 0 Å². The number of hydrogen-bond donors (Lipinski definition) is 0. The maximum absolute atomic E-state index is 4.35. The second-order valence-electron chi connectivity index (χ2n) is 6.18. The van der Waals surface area contributed by atoms with Gasteiger partial charge in [-0.15, -0.1) is 5.10 Å². The van der Waals surface area contributed by atoms with Crippen molar-refractivity contribution in [3.63, 3.8) is 0 Å². The SMILES string of the molecule is CCCCCN1CCC(n2cc(C3CC3)nn2)CC1. The van der Waals surface area contributed by atoms with Crippen LogP contribution in [0.5, 0.6) is 0 Å². The van der Waals surface area contributed by atoms with E-state index in [1.165, 1.54) is 70.3 Å². The summed E-state index contributed by atoms with van der Waals surface area (Å²) >= 11 is 0. The highest BCUT2D eigenvalue weighted by Gasteiger charge is 2.28. The lowest BCUT2D eigenvalue weighted by molar-refractivity contribution is 0.176. The summed E-state index contributed by atoms with van der Waals surface area (Å²) in [5.74, 6) is 0.725. The highest BCUT2D eigenvalue weighted by molar-refractivity contribution is 5.09. The molecule has 0 radical (unpaired) electrons. The van der Waals surface area contributed by atoms with Crippen molar-refractivity contribution in [2.45, 2.75) is 63.8 Å². The molecule has 1 saturated heterocycles. The summed E-state index contributed by atoms with van der Waals surface area (Å²) < 4.78 is 2.14. The lowest BCUT2D eigenvalue weighted by atomic mass is 10.0. The molecule has 0 N–H and O–H groups in total. The van der Waals surface area contributed by atoms with Gasteiger partial charge in [0.15, 0.2) is 0 Å². The summed E-state index contributed by atoms with van der Waals surface area (Å²) in [7, 11) is 0. The van der Waals surface area contributed by atoms with Crippen LogP contribution in [0.4, 0.5) is 0 Å². The first-order valence-corrected chi connectivity index (χ1v) is 8.01. The molecule has 0 spiro atoms. The lowest BCUT2D eigenvalue weighted by Crippen LogP contribution is -2.35. The Morgan fingerprint density at radius 3 is 2.63 bits per heavy atom. The third-order valence-electron chi connectivity index (χ3n) is 4.53. The molecule has 1 aliphatic heterocycles. The van der Waals surface area contributed by atoms with Gasteiger partial charge in [-0.05, 0) is 38.6 Å². The minimum absolute atomic E-state index is 0.586. The molecule has 4 nitrogen and oxygen atoms in total. The second-order valence-corrected chi connectivity index (χ2v) is 6.18. The zero-order valence-corrected chi connectivity index (χ0v) is 12.1. The first-order chi connectivity index (χ1) is 9.36. The average Bonchev–Trinajstić information content (AvgIpc) is 3.18. The summed E-state index contributed by atoms with van der Waals surface area (Å²) in [6.45, 7) is 6.01. The average molecular weight is 262 g/mol. The summed E-state index contributed by atoms with van der Waals surface area (Å²) in [5, 5.41) is 8.68. The van der Waals surface area contributed by atoms with E-state index < -0.39 is 0 Å². The maximum Gasteiger partial charge on any atom is 0.0858 e. The predicted octanol–water partition coefficient (Wildman–Crippen LogP) is 2.98. The Morgan fingerprint density at radius 2 is 1.95 bits per heavy atom. The van der Waals surface area contributed by atoms with Gasteiger partial charge < -0.3 is 4.90 Å². The lowest BCUT2D eigenvalue weighted by Gasteiger charge is -2.31. The van der Waals surface area contributed by atoms with Crippen LogP contribution in [0.1, 0.15) is 69.5 Å². The van der Waals surface area contributed by atoms with Crippen molar-refractivity contribution in [3.8, 4) is 0 Å². The van der Waals surface area contributed by atoms with Gasteiger partial charge in [-0.1, -0.05) is 25.0 Å². The zero-order valence-electron chi connectivity index (χ0n) is 12.1. The van der Waals surface area contributed by atoms with E-state index in [0.717, 1.165) is 5.92 Å². The van der Waals surface area contributed by atoms with Gasteiger partial charge in [-0.3, -0.25) is 0 Å². The number of likely N-dealkylation sites (tertiary alicyclic amines) is 1. The molecule has 0 aromatic carbocycles. The minimum Gasteiger partial charge on any atom is -0.303 e. The zero-order chi connectivity index (χ0) is 13.1. The van der Waals surface area contributed by atoms with Gasteiger partial charge in [-0.25, -0.2) is 4.68 Å². The number of unbranched alkanes of at least 4 members (excludes halogenated alkanes) is 2. The van der Waals surface area contributed by atoms with Gasteiger partial charge in [0.1, 0.15) is 0 Å². The smallest absolute Gasteiger partial charge is 0.0858 e. The molecule has 1 aromatic rings. The molecule has 0 amide bonds. The largest absolute Gasteiger partial charge is 0.303 e. The molecule has 2 aliphatic rings. The van der Waals surface area contributed by atoms with Crippen LogP contribution in [0.15, 0.2) is 6.20 Å². The first-order valence-electron chi connectivity index (χ1n) is 8.01. The third-order valence-corrected chi connectivity index (χ3v) is 4.53. The van der Waals surface area contributed by atoms with Gasteiger partial charge in [-0.2, -0.15) is 0 Å². The van der Waals surface area contributed by atoms with E-state index in [0.29, 0.717) is 6.04 Å². The Labute approximate surface area is 116 Å². The standard InChI is InChI=1S/C15H26N4/c1-2-3-4-9-18-10-7-14(8-11-18)19-12-15(16-17-19)13-5-6-13/h12-14H,2-11H2,1H3. The Bertz CT molecular complexity index is 389. The van der Waals surface area contributed by atoms with E-state index in [4.69, 9.17) is 0 Å². The topological polar surface area (TPSA) is 34.0 Å². The van der Waals surface area contributed by atoms with Gasteiger partial charge in [0, 0.05) is 25.2 Å². The van der Waals surface area contributed by atoms with Crippen molar-refractivity contribution in [1.82, 2.24) is 19.9 Å². The molecule has 1 aromatic heterocycles. The molecular weight excluding hydrogens is 236 g/mol. The van der Waals surface area contributed by atoms with Gasteiger partial charge in [0.2, 0.25) is 0 Å². The maximum atomic E-state index is 4.35. The van der Waals surface area contributed by atoms with Crippen molar-refractivity contribution in [2.75, 3.05) is 19.6 Å². The van der Waals surface area contributed by atoms with Crippen LogP contribution >= 0.6 is 0 Å². The Kier molecular flexibility index (Phi) is 4.16. The third kappa shape index (κ3) is 3.35. The van der Waals surface area contributed by atoms with Crippen molar-refractivity contribution in [1.29, 1.82) is 0 Å². The minimum atomic E-state index is 0.586. The Morgan fingerprint density at radius 1 is 1.16 bits per heavy atom. The summed E-state index contributed by atoms with van der Waals surface area (Å²) in [6, 6.07) is 0.586. The molecule has 1 saturated carbocycles. The van der Waals surface area contributed by atoms with E-state index in [9.17, 15) is 0 Å². The van der Waals surface area contributed by atoms with E-state index in [2.05, 4.69) is 33.0 Å². The van der Waals surface area contributed by atoms with Crippen molar-refractivity contribution in [2.24, 2.45) is 0 Å². The van der Waals surface area contributed by atoms with Crippen LogP contribution in [-0.2, 0) is 0 Å². The highest BCUT2D eigenvalue weighted by atomic mass is 15.4. The van der Waals surface area contributed by atoms with Crippen LogP contribution in [0, 0.1) is 0 Å². The van der Waals surface area contributed by atoms with E-state index >= 15 is 0 Å². The summed E-state index contributed by atoms with van der Waals surface area (Å²) in [4.78, 5) is 2.62. The fraction of sp³-hybridized carbons (Fsp3) is 0.867. The van der Waals surface area contributed by atoms with Crippen LogP contribution in [-0.4, -0.2) is 39.5 Å². The van der Waals surface area contributed by atoms with Gasteiger partial charge in [0.25, 0.3) is 0 Å². The molecular formula is C15H26N4. The molecule has 3 rings (SSSR count). The summed E-state index contributed by atoms with van der Waals surface area (Å²) in [6.07, 6.45) is 11.3. The number of aromatic nitrogens is 3. The normalized spacial score (nSPS) is 21.9. The molecule has 2 heterocycles. The fourth-order valence-electron chi connectivity index (χ4n) is 3.03. The Hall–Kier alpha value is -0.900. The van der Waals surface area contributed by atoms with Crippen LogP contribution < -0.4 is 0 Å². The molecule has 1 aliphatic carbocycles. The van der Waals surface area contributed by atoms with Crippen molar-refractivity contribution >= 4 is 0 Å². The predicted molar refractivity (Wildman–Crippen MR) is 76.2 cm³/mol.